The van der Waals surface area contributed by atoms with Crippen LogP contribution in [0.2, 0.25) is 0 Å². The smallest absolute Gasteiger partial charge is 0.303 e. The second kappa shape index (κ2) is 8.45. The Morgan fingerprint density at radius 3 is 1.84 bits per heavy atom. The minimum Gasteiger partial charge on any atom is -0.463 e. The SMILES string of the molecule is CC(=O)OC[C@H]1OC(O)(Cl)[C@@H](OC(C)=O)[C@@H](OC(C)=O)[C@@H]1OC(C)=O. The molecule has 1 N–H and O–H groups in total. The predicted molar refractivity (Wildman–Crippen MR) is 79.0 cm³/mol. The molecule has 25 heavy (non-hydrogen) atoms. The number of carbonyl (C=O) groups excluding carboxylic acids is 4. The Balaban J connectivity index is 3.24. The van der Waals surface area contributed by atoms with Gasteiger partial charge in [-0.2, -0.15) is 0 Å². The molecule has 10 nitrogen and oxygen atoms in total. The Morgan fingerprint density at radius 2 is 1.40 bits per heavy atom. The molecular formula is C14H19ClO10. The van der Waals surface area contributed by atoms with E-state index in [0.29, 0.717) is 0 Å². The maximum absolute atomic E-state index is 11.4. The fraction of sp³-hybridized carbons (Fsp3) is 0.714. The second-order valence-electron chi connectivity index (χ2n) is 5.25. The summed E-state index contributed by atoms with van der Waals surface area (Å²) in [6.45, 7) is 3.83. The zero-order chi connectivity index (χ0) is 19.4. The van der Waals surface area contributed by atoms with Gasteiger partial charge in [-0.25, -0.2) is 0 Å². The highest BCUT2D eigenvalue weighted by molar-refractivity contribution is 6.22. The maximum atomic E-state index is 11.4. The van der Waals surface area contributed by atoms with Crippen LogP contribution in [-0.4, -0.2) is 65.3 Å². The lowest BCUT2D eigenvalue weighted by Gasteiger charge is -2.45. The third-order valence-electron chi connectivity index (χ3n) is 3.00. The Labute approximate surface area is 148 Å². The lowest BCUT2D eigenvalue weighted by Crippen LogP contribution is -2.66. The van der Waals surface area contributed by atoms with Crippen LogP contribution in [0.3, 0.4) is 0 Å². The molecule has 1 fully saturated rings. The fourth-order valence-electron chi connectivity index (χ4n) is 2.23. The number of rotatable bonds is 5. The molecule has 1 rings (SSSR count). The summed E-state index contributed by atoms with van der Waals surface area (Å²) in [6.07, 6.45) is -5.84. The first-order chi connectivity index (χ1) is 11.4. The maximum Gasteiger partial charge on any atom is 0.303 e. The van der Waals surface area contributed by atoms with E-state index in [2.05, 4.69) is 0 Å². The summed E-state index contributed by atoms with van der Waals surface area (Å²) in [5.41, 5.74) is 0. The van der Waals surface area contributed by atoms with Gasteiger partial charge in [-0.05, 0) is 0 Å². The van der Waals surface area contributed by atoms with Gasteiger partial charge in [0.1, 0.15) is 12.7 Å². The van der Waals surface area contributed by atoms with E-state index in [0.717, 1.165) is 27.7 Å². The van der Waals surface area contributed by atoms with E-state index in [4.69, 9.17) is 35.3 Å². The highest BCUT2D eigenvalue weighted by Gasteiger charge is 2.59. The molecule has 1 aliphatic rings. The molecule has 1 aliphatic heterocycles. The first kappa shape index (κ1) is 21.1. The van der Waals surface area contributed by atoms with Crippen LogP contribution in [0.15, 0.2) is 0 Å². The molecule has 1 saturated heterocycles. The third kappa shape index (κ3) is 6.15. The molecule has 0 aromatic carbocycles. The van der Waals surface area contributed by atoms with Crippen molar-refractivity contribution < 1.29 is 48.0 Å². The van der Waals surface area contributed by atoms with Crippen LogP contribution < -0.4 is 0 Å². The van der Waals surface area contributed by atoms with E-state index >= 15 is 0 Å². The number of carbonyl (C=O) groups is 4. The minimum absolute atomic E-state index is 0.465. The van der Waals surface area contributed by atoms with E-state index in [1.54, 1.807) is 0 Å². The fourth-order valence-corrected chi connectivity index (χ4v) is 2.52. The number of esters is 4. The Kier molecular flexibility index (Phi) is 7.15. The third-order valence-corrected chi connectivity index (χ3v) is 3.31. The molecule has 142 valence electrons. The topological polar surface area (TPSA) is 135 Å². The first-order valence-corrected chi connectivity index (χ1v) is 7.56. The normalized spacial score (nSPS) is 31.6. The van der Waals surface area contributed by atoms with Crippen LogP contribution in [0, 0.1) is 0 Å². The first-order valence-electron chi connectivity index (χ1n) is 7.18. The lowest BCUT2D eigenvalue weighted by molar-refractivity contribution is -0.316. The lowest BCUT2D eigenvalue weighted by atomic mass is 9.98. The molecule has 1 unspecified atom stereocenters. The van der Waals surface area contributed by atoms with Crippen molar-refractivity contribution in [1.29, 1.82) is 0 Å². The van der Waals surface area contributed by atoms with E-state index < -0.39 is 60.1 Å². The molecule has 0 aromatic rings. The number of aliphatic hydroxyl groups is 1. The summed E-state index contributed by atoms with van der Waals surface area (Å²) < 4.78 is 24.9. The van der Waals surface area contributed by atoms with Crippen molar-refractivity contribution in [1.82, 2.24) is 0 Å². The van der Waals surface area contributed by atoms with E-state index in [-0.39, 0.29) is 0 Å². The van der Waals surface area contributed by atoms with E-state index in [1.165, 1.54) is 0 Å². The molecule has 0 spiro atoms. The number of ether oxygens (including phenoxy) is 5. The van der Waals surface area contributed by atoms with Gasteiger partial charge >= 0.3 is 23.9 Å². The standard InChI is InChI=1S/C14H19ClO10/c1-6(16)21-5-10-11(22-7(2)17)12(23-8(3)18)13(24-9(4)19)14(15,20)25-10/h10-13,20H,5H2,1-4H3/t10-,11-,12+,13+,14?/m1/s1. The van der Waals surface area contributed by atoms with Crippen molar-refractivity contribution >= 4 is 35.5 Å². The summed E-state index contributed by atoms with van der Waals surface area (Å²) in [5, 5.41) is 7.63. The van der Waals surface area contributed by atoms with Crippen molar-refractivity contribution in [2.75, 3.05) is 6.61 Å². The monoisotopic (exact) mass is 382 g/mol. The molecule has 0 aromatic heterocycles. The van der Waals surface area contributed by atoms with Crippen LogP contribution >= 0.6 is 11.6 Å². The number of hydrogen-bond donors (Lipinski definition) is 1. The van der Waals surface area contributed by atoms with E-state index in [1.807, 2.05) is 0 Å². The van der Waals surface area contributed by atoms with Gasteiger partial charge < -0.3 is 28.8 Å². The zero-order valence-corrected chi connectivity index (χ0v) is 14.8. The van der Waals surface area contributed by atoms with Crippen LogP contribution in [-0.2, 0) is 42.9 Å². The summed E-state index contributed by atoms with van der Waals surface area (Å²) in [7, 11) is 0. The molecule has 11 heteroatoms. The number of hydrogen-bond acceptors (Lipinski definition) is 10. The van der Waals surface area contributed by atoms with Gasteiger partial charge in [0.2, 0.25) is 6.10 Å². The van der Waals surface area contributed by atoms with Crippen LogP contribution in [0.4, 0.5) is 0 Å². The van der Waals surface area contributed by atoms with Crippen molar-refractivity contribution in [3.63, 3.8) is 0 Å². The van der Waals surface area contributed by atoms with Crippen molar-refractivity contribution in [3.8, 4) is 0 Å². The molecule has 0 amide bonds. The molecular weight excluding hydrogens is 364 g/mol. The van der Waals surface area contributed by atoms with Gasteiger partial charge in [0.15, 0.2) is 12.2 Å². The zero-order valence-electron chi connectivity index (χ0n) is 14.0. The summed E-state index contributed by atoms with van der Waals surface area (Å²) in [5.74, 6) is -3.13. The van der Waals surface area contributed by atoms with Crippen molar-refractivity contribution in [2.45, 2.75) is 57.4 Å². The Bertz CT molecular complexity index is 546. The van der Waals surface area contributed by atoms with Gasteiger partial charge in [0.05, 0.1) is 0 Å². The minimum atomic E-state index is -2.62. The van der Waals surface area contributed by atoms with Gasteiger partial charge in [-0.1, -0.05) is 11.6 Å². The average Bonchev–Trinajstić information content (AvgIpc) is 2.42. The van der Waals surface area contributed by atoms with Crippen LogP contribution in [0.25, 0.3) is 0 Å². The molecule has 0 aliphatic carbocycles. The van der Waals surface area contributed by atoms with Gasteiger partial charge in [-0.15, -0.1) is 0 Å². The Hall–Kier alpha value is -1.91. The predicted octanol–water partition coefficient (Wildman–Crippen LogP) is -0.372. The highest BCUT2D eigenvalue weighted by Crippen LogP contribution is 2.36. The summed E-state index contributed by atoms with van der Waals surface area (Å²) in [4.78, 5) is 45.1. The van der Waals surface area contributed by atoms with Crippen molar-refractivity contribution in [3.05, 3.63) is 0 Å². The van der Waals surface area contributed by atoms with Gasteiger partial charge in [0, 0.05) is 27.7 Å². The van der Waals surface area contributed by atoms with Gasteiger partial charge in [-0.3, -0.25) is 19.2 Å². The molecule has 1 heterocycles. The quantitative estimate of drug-likeness (QED) is 0.381. The number of halogens is 1. The molecule has 0 saturated carbocycles. The second-order valence-corrected chi connectivity index (χ2v) is 5.79. The molecule has 5 atom stereocenters. The van der Waals surface area contributed by atoms with Crippen molar-refractivity contribution in [2.24, 2.45) is 0 Å². The van der Waals surface area contributed by atoms with E-state index in [9.17, 15) is 24.3 Å². The average molecular weight is 383 g/mol. The molecule has 0 radical (unpaired) electrons. The molecule has 0 bridgehead atoms. The number of alkyl halides is 1. The largest absolute Gasteiger partial charge is 0.463 e. The Morgan fingerprint density at radius 1 is 0.920 bits per heavy atom. The van der Waals surface area contributed by atoms with Crippen LogP contribution in [0.1, 0.15) is 27.7 Å². The summed E-state index contributed by atoms with van der Waals surface area (Å²) in [6, 6.07) is 0. The highest BCUT2D eigenvalue weighted by atomic mass is 35.5. The van der Waals surface area contributed by atoms with Gasteiger partial charge in [0.25, 0.3) is 5.25 Å². The summed E-state index contributed by atoms with van der Waals surface area (Å²) >= 11 is 5.86. The van der Waals surface area contributed by atoms with Crippen LogP contribution in [0.5, 0.6) is 0 Å².